The van der Waals surface area contributed by atoms with Gasteiger partial charge in [0.05, 0.1) is 4.47 Å². The molecule has 3 rings (SSSR count). The summed E-state index contributed by atoms with van der Waals surface area (Å²) in [5, 5.41) is 11.8. The summed E-state index contributed by atoms with van der Waals surface area (Å²) in [6.07, 6.45) is 1.37. The zero-order valence-corrected chi connectivity index (χ0v) is 16.7. The molecule has 6 nitrogen and oxygen atoms in total. The summed E-state index contributed by atoms with van der Waals surface area (Å²) < 4.78 is 6.61. The van der Waals surface area contributed by atoms with Crippen LogP contribution in [-0.4, -0.2) is 17.0 Å². The second kappa shape index (κ2) is 9.07. The van der Waals surface area contributed by atoms with Crippen LogP contribution in [0.1, 0.15) is 15.9 Å². The number of rotatable bonds is 6. The van der Waals surface area contributed by atoms with Gasteiger partial charge in [-0.3, -0.25) is 4.79 Å². The maximum Gasteiger partial charge on any atom is 0.352 e. The average Bonchev–Trinajstić information content (AvgIpc) is 2.70. The van der Waals surface area contributed by atoms with Gasteiger partial charge in [-0.15, -0.1) is 0 Å². The number of anilines is 1. The summed E-state index contributed by atoms with van der Waals surface area (Å²) in [6, 6.07) is 20.6. The molecule has 0 aliphatic carbocycles. The second-order valence-electron chi connectivity index (χ2n) is 6.04. The number of aliphatic carboxylic acids is 1. The number of nitrogens with one attached hydrogen (secondary N) is 1. The number of amides is 1. The molecule has 1 amide bonds. The Morgan fingerprint density at radius 2 is 1.72 bits per heavy atom. The van der Waals surface area contributed by atoms with Crippen LogP contribution in [0.2, 0.25) is 0 Å². The summed E-state index contributed by atoms with van der Waals surface area (Å²) in [7, 11) is 0. The predicted molar refractivity (Wildman–Crippen MR) is 115 cm³/mol. The van der Waals surface area contributed by atoms with E-state index in [1.807, 2.05) is 24.3 Å². The topological polar surface area (TPSA) is 102 Å². The van der Waals surface area contributed by atoms with Gasteiger partial charge in [0.25, 0.3) is 5.91 Å². The first kappa shape index (κ1) is 20.2. The van der Waals surface area contributed by atoms with Gasteiger partial charge in [0.1, 0.15) is 17.2 Å². The van der Waals surface area contributed by atoms with E-state index < -0.39 is 11.9 Å². The zero-order chi connectivity index (χ0) is 20.8. The Morgan fingerprint density at radius 1 is 1.00 bits per heavy atom. The number of nitrogens with two attached hydrogens (primary N) is 1. The quantitative estimate of drug-likeness (QED) is 0.372. The Labute approximate surface area is 175 Å². The highest BCUT2D eigenvalue weighted by molar-refractivity contribution is 9.10. The standard InChI is InChI=1S/C22H17BrN2O4/c23-18-6-1-2-7-20(18)29-17-10-8-14(9-11-17)12-19(22(27)28)25-21(26)15-4-3-5-16(24)13-15/h1-13H,24H2,(H,25,26)(H,27,28)/b19-12-. The van der Waals surface area contributed by atoms with Gasteiger partial charge in [-0.25, -0.2) is 4.79 Å². The lowest BCUT2D eigenvalue weighted by Gasteiger charge is -2.09. The molecule has 0 bridgehead atoms. The van der Waals surface area contributed by atoms with E-state index in [9.17, 15) is 14.7 Å². The zero-order valence-electron chi connectivity index (χ0n) is 15.1. The minimum atomic E-state index is -1.25. The molecule has 3 aromatic carbocycles. The molecular formula is C22H17BrN2O4. The van der Waals surface area contributed by atoms with Crippen LogP contribution >= 0.6 is 15.9 Å². The van der Waals surface area contributed by atoms with Crippen molar-refractivity contribution in [1.82, 2.24) is 5.32 Å². The number of halogens is 1. The number of hydrogen-bond acceptors (Lipinski definition) is 4. The third-order valence-corrected chi connectivity index (χ3v) is 4.54. The lowest BCUT2D eigenvalue weighted by atomic mass is 10.1. The molecule has 0 heterocycles. The highest BCUT2D eigenvalue weighted by Crippen LogP contribution is 2.29. The third-order valence-electron chi connectivity index (χ3n) is 3.88. The van der Waals surface area contributed by atoms with Crippen molar-refractivity contribution in [3.63, 3.8) is 0 Å². The van der Waals surface area contributed by atoms with E-state index in [0.29, 0.717) is 22.7 Å². The molecule has 0 atom stereocenters. The van der Waals surface area contributed by atoms with Crippen LogP contribution in [-0.2, 0) is 4.79 Å². The molecule has 0 saturated heterocycles. The van der Waals surface area contributed by atoms with Crippen molar-refractivity contribution in [2.24, 2.45) is 0 Å². The summed E-state index contributed by atoms with van der Waals surface area (Å²) in [5.41, 5.74) is 6.69. The van der Waals surface area contributed by atoms with Gasteiger partial charge < -0.3 is 20.9 Å². The number of hydrogen-bond donors (Lipinski definition) is 3. The number of carboxylic acids is 1. The van der Waals surface area contributed by atoms with Crippen LogP contribution in [0.25, 0.3) is 6.08 Å². The van der Waals surface area contributed by atoms with Crippen LogP contribution < -0.4 is 15.8 Å². The highest BCUT2D eigenvalue weighted by atomic mass is 79.9. The molecule has 146 valence electrons. The van der Waals surface area contributed by atoms with Crippen LogP contribution in [0, 0.1) is 0 Å². The number of nitrogen functional groups attached to an aromatic ring is 1. The molecule has 3 aromatic rings. The molecule has 0 aromatic heterocycles. The average molecular weight is 453 g/mol. The van der Waals surface area contributed by atoms with Crippen molar-refractivity contribution in [3.05, 3.63) is 94.1 Å². The van der Waals surface area contributed by atoms with Crippen LogP contribution in [0.4, 0.5) is 5.69 Å². The molecule has 0 unspecified atom stereocenters. The molecule has 0 aliphatic rings. The number of para-hydroxylation sites is 1. The SMILES string of the molecule is Nc1cccc(C(=O)N/C(=C\c2ccc(Oc3ccccc3Br)cc2)C(=O)O)c1. The fourth-order valence-electron chi connectivity index (χ4n) is 2.48. The largest absolute Gasteiger partial charge is 0.477 e. The van der Waals surface area contributed by atoms with E-state index in [1.165, 1.54) is 12.1 Å². The fourth-order valence-corrected chi connectivity index (χ4v) is 2.84. The van der Waals surface area contributed by atoms with Crippen molar-refractivity contribution < 1.29 is 19.4 Å². The Kier molecular flexibility index (Phi) is 6.31. The molecule has 4 N–H and O–H groups in total. The molecule has 0 spiro atoms. The molecule has 0 radical (unpaired) electrons. The first-order chi connectivity index (χ1) is 13.9. The fraction of sp³-hybridized carbons (Fsp3) is 0. The molecule has 0 fully saturated rings. The van der Waals surface area contributed by atoms with Gasteiger partial charge in [0.2, 0.25) is 0 Å². The minimum Gasteiger partial charge on any atom is -0.477 e. The smallest absolute Gasteiger partial charge is 0.352 e. The van der Waals surface area contributed by atoms with E-state index in [2.05, 4.69) is 21.2 Å². The minimum absolute atomic E-state index is 0.253. The monoisotopic (exact) mass is 452 g/mol. The van der Waals surface area contributed by atoms with E-state index in [1.54, 1.807) is 42.5 Å². The number of carboxylic acid groups (broad SMARTS) is 1. The second-order valence-corrected chi connectivity index (χ2v) is 6.90. The lowest BCUT2D eigenvalue weighted by Crippen LogP contribution is -2.27. The molecule has 0 saturated carbocycles. The maximum atomic E-state index is 12.3. The van der Waals surface area contributed by atoms with Crippen molar-refractivity contribution >= 4 is 39.6 Å². The van der Waals surface area contributed by atoms with Gasteiger partial charge in [-0.2, -0.15) is 0 Å². The number of carbonyl (C=O) groups excluding carboxylic acids is 1. The number of benzene rings is 3. The molecule has 0 aliphatic heterocycles. The summed E-state index contributed by atoms with van der Waals surface area (Å²) in [5.74, 6) is -0.554. The normalized spacial score (nSPS) is 11.0. The summed E-state index contributed by atoms with van der Waals surface area (Å²) in [6.45, 7) is 0. The van der Waals surface area contributed by atoms with Crippen LogP contribution in [0.5, 0.6) is 11.5 Å². The highest BCUT2D eigenvalue weighted by Gasteiger charge is 2.13. The lowest BCUT2D eigenvalue weighted by molar-refractivity contribution is -0.132. The first-order valence-corrected chi connectivity index (χ1v) is 9.36. The molecule has 29 heavy (non-hydrogen) atoms. The van der Waals surface area contributed by atoms with Gasteiger partial charge in [0.15, 0.2) is 0 Å². The third kappa shape index (κ3) is 5.46. The van der Waals surface area contributed by atoms with Crippen molar-refractivity contribution in [2.45, 2.75) is 0 Å². The summed E-state index contributed by atoms with van der Waals surface area (Å²) in [4.78, 5) is 23.8. The van der Waals surface area contributed by atoms with Crippen LogP contribution in [0.3, 0.4) is 0 Å². The van der Waals surface area contributed by atoms with Gasteiger partial charge in [-0.05, 0) is 70.0 Å². The van der Waals surface area contributed by atoms with Crippen molar-refractivity contribution in [3.8, 4) is 11.5 Å². The van der Waals surface area contributed by atoms with Gasteiger partial charge >= 0.3 is 5.97 Å². The van der Waals surface area contributed by atoms with Gasteiger partial charge in [0, 0.05) is 11.3 Å². The summed E-state index contributed by atoms with van der Waals surface area (Å²) >= 11 is 3.42. The molecular weight excluding hydrogens is 436 g/mol. The van der Waals surface area contributed by atoms with Gasteiger partial charge in [-0.1, -0.05) is 30.3 Å². The number of carbonyl (C=O) groups is 2. The molecule has 7 heteroatoms. The Hall–Kier alpha value is -3.58. The van der Waals surface area contributed by atoms with E-state index in [4.69, 9.17) is 10.5 Å². The van der Waals surface area contributed by atoms with E-state index in [-0.39, 0.29) is 11.3 Å². The maximum absolute atomic E-state index is 12.3. The Balaban J connectivity index is 1.76. The Bertz CT molecular complexity index is 1080. The first-order valence-electron chi connectivity index (χ1n) is 8.57. The van der Waals surface area contributed by atoms with E-state index >= 15 is 0 Å². The van der Waals surface area contributed by atoms with Crippen molar-refractivity contribution in [2.75, 3.05) is 5.73 Å². The number of ether oxygens (including phenoxy) is 1. The van der Waals surface area contributed by atoms with Crippen LogP contribution in [0.15, 0.2) is 83.0 Å². The van der Waals surface area contributed by atoms with Crippen molar-refractivity contribution in [1.29, 1.82) is 0 Å². The Morgan fingerprint density at radius 3 is 2.38 bits per heavy atom. The van der Waals surface area contributed by atoms with E-state index in [0.717, 1.165) is 4.47 Å². The predicted octanol–water partition coefficient (Wildman–Crippen LogP) is 4.68.